The van der Waals surface area contributed by atoms with Crippen molar-refractivity contribution < 1.29 is 4.79 Å². The molecule has 1 amide bonds. The zero-order valence-electron chi connectivity index (χ0n) is 10.7. The SMILES string of the molecule is O=C(c1cnc(-c2ccccc2)s1)N1CCCCC1. The molecule has 0 unspecified atom stereocenters. The lowest BCUT2D eigenvalue weighted by Gasteiger charge is -2.25. The first-order chi connectivity index (χ1) is 9.34. The van der Waals surface area contributed by atoms with Gasteiger partial charge in [-0.2, -0.15) is 0 Å². The molecule has 0 spiro atoms. The van der Waals surface area contributed by atoms with Crippen molar-refractivity contribution in [3.63, 3.8) is 0 Å². The van der Waals surface area contributed by atoms with Crippen LogP contribution in [-0.4, -0.2) is 28.9 Å². The number of likely N-dealkylation sites (tertiary alicyclic amines) is 1. The second-order valence-electron chi connectivity index (χ2n) is 4.75. The third-order valence-electron chi connectivity index (χ3n) is 3.38. The maximum atomic E-state index is 12.3. The van der Waals surface area contributed by atoms with Crippen LogP contribution in [0.3, 0.4) is 0 Å². The number of amides is 1. The van der Waals surface area contributed by atoms with E-state index in [4.69, 9.17) is 0 Å². The molecule has 4 heteroatoms. The van der Waals surface area contributed by atoms with Gasteiger partial charge in [0.2, 0.25) is 0 Å². The van der Waals surface area contributed by atoms with Gasteiger partial charge in [0.05, 0.1) is 6.20 Å². The zero-order valence-corrected chi connectivity index (χ0v) is 11.5. The van der Waals surface area contributed by atoms with E-state index in [9.17, 15) is 4.79 Å². The summed E-state index contributed by atoms with van der Waals surface area (Å²) in [5, 5.41) is 0.918. The van der Waals surface area contributed by atoms with Crippen LogP contribution in [0.1, 0.15) is 28.9 Å². The van der Waals surface area contributed by atoms with Gasteiger partial charge in [-0.3, -0.25) is 4.79 Å². The van der Waals surface area contributed by atoms with Gasteiger partial charge in [0.1, 0.15) is 9.88 Å². The summed E-state index contributed by atoms with van der Waals surface area (Å²) < 4.78 is 0. The van der Waals surface area contributed by atoms with Crippen LogP contribution in [0.4, 0.5) is 0 Å². The van der Waals surface area contributed by atoms with E-state index in [0.29, 0.717) is 0 Å². The second-order valence-corrected chi connectivity index (χ2v) is 5.78. The Bertz CT molecular complexity index is 559. The van der Waals surface area contributed by atoms with Crippen molar-refractivity contribution in [2.45, 2.75) is 19.3 Å². The molecule has 1 aliphatic heterocycles. The molecule has 0 radical (unpaired) electrons. The Balaban J connectivity index is 1.79. The molecule has 1 aliphatic rings. The van der Waals surface area contributed by atoms with Gasteiger partial charge < -0.3 is 4.90 Å². The standard InChI is InChI=1S/C15H16N2OS/c18-15(17-9-5-2-6-10-17)13-11-16-14(19-13)12-7-3-1-4-8-12/h1,3-4,7-8,11H,2,5-6,9-10H2. The van der Waals surface area contributed by atoms with Crippen LogP contribution in [0.2, 0.25) is 0 Å². The summed E-state index contributed by atoms with van der Waals surface area (Å²) in [5.74, 6) is 0.138. The van der Waals surface area contributed by atoms with E-state index < -0.39 is 0 Å². The minimum Gasteiger partial charge on any atom is -0.338 e. The maximum absolute atomic E-state index is 12.3. The zero-order chi connectivity index (χ0) is 13.1. The molecule has 1 aromatic heterocycles. The number of nitrogens with zero attached hydrogens (tertiary/aromatic N) is 2. The van der Waals surface area contributed by atoms with Gasteiger partial charge in [-0.05, 0) is 19.3 Å². The molecule has 0 N–H and O–H groups in total. The van der Waals surface area contributed by atoms with Gasteiger partial charge >= 0.3 is 0 Å². The highest BCUT2D eigenvalue weighted by atomic mass is 32.1. The Morgan fingerprint density at radius 1 is 1.11 bits per heavy atom. The molecule has 1 aromatic carbocycles. The highest BCUT2D eigenvalue weighted by molar-refractivity contribution is 7.16. The predicted molar refractivity (Wildman–Crippen MR) is 77.3 cm³/mol. The van der Waals surface area contributed by atoms with Crippen molar-refractivity contribution in [1.82, 2.24) is 9.88 Å². The van der Waals surface area contributed by atoms with E-state index in [1.54, 1.807) is 6.20 Å². The Morgan fingerprint density at radius 3 is 2.58 bits per heavy atom. The van der Waals surface area contributed by atoms with Gasteiger partial charge in [0.15, 0.2) is 0 Å². The van der Waals surface area contributed by atoms with Crippen molar-refractivity contribution in [3.05, 3.63) is 41.4 Å². The molecular formula is C15H16N2OS. The van der Waals surface area contributed by atoms with Crippen molar-refractivity contribution in [2.75, 3.05) is 13.1 Å². The van der Waals surface area contributed by atoms with Crippen LogP contribution in [-0.2, 0) is 0 Å². The molecule has 2 aromatic rings. The van der Waals surface area contributed by atoms with E-state index in [1.165, 1.54) is 17.8 Å². The van der Waals surface area contributed by atoms with Gasteiger partial charge in [0, 0.05) is 18.7 Å². The molecule has 0 saturated carbocycles. The average molecular weight is 272 g/mol. The summed E-state index contributed by atoms with van der Waals surface area (Å²) in [6.07, 6.45) is 5.19. The molecule has 3 rings (SSSR count). The largest absolute Gasteiger partial charge is 0.338 e. The van der Waals surface area contributed by atoms with Crippen molar-refractivity contribution in [3.8, 4) is 10.6 Å². The van der Waals surface area contributed by atoms with E-state index in [1.807, 2.05) is 35.2 Å². The smallest absolute Gasteiger partial charge is 0.265 e. The number of carbonyl (C=O) groups excluding carboxylic acids is 1. The summed E-state index contributed by atoms with van der Waals surface area (Å²) in [6.45, 7) is 1.77. The Morgan fingerprint density at radius 2 is 1.84 bits per heavy atom. The van der Waals surface area contributed by atoms with Crippen molar-refractivity contribution >= 4 is 17.2 Å². The second kappa shape index (κ2) is 5.53. The number of carbonyl (C=O) groups is 1. The normalized spacial score (nSPS) is 15.5. The molecule has 98 valence electrons. The molecule has 0 bridgehead atoms. The van der Waals surface area contributed by atoms with Crippen LogP contribution in [0.25, 0.3) is 10.6 Å². The molecule has 0 aliphatic carbocycles. The lowest BCUT2D eigenvalue weighted by Crippen LogP contribution is -2.35. The van der Waals surface area contributed by atoms with Gasteiger partial charge in [-0.25, -0.2) is 4.98 Å². The van der Waals surface area contributed by atoms with Crippen LogP contribution in [0.15, 0.2) is 36.5 Å². The van der Waals surface area contributed by atoms with Crippen molar-refractivity contribution in [2.24, 2.45) is 0 Å². The summed E-state index contributed by atoms with van der Waals surface area (Å²) in [5.41, 5.74) is 1.07. The third-order valence-corrected chi connectivity index (χ3v) is 4.41. The van der Waals surface area contributed by atoms with Crippen LogP contribution in [0, 0.1) is 0 Å². The Kier molecular flexibility index (Phi) is 3.60. The average Bonchev–Trinajstić information content (AvgIpc) is 2.98. The van der Waals surface area contributed by atoms with Gasteiger partial charge in [0.25, 0.3) is 5.91 Å². The topological polar surface area (TPSA) is 33.2 Å². The Labute approximate surface area is 116 Å². The number of hydrogen-bond acceptors (Lipinski definition) is 3. The highest BCUT2D eigenvalue weighted by Gasteiger charge is 2.20. The molecule has 3 nitrogen and oxygen atoms in total. The predicted octanol–water partition coefficient (Wildman–Crippen LogP) is 3.44. The number of rotatable bonds is 2. The van der Waals surface area contributed by atoms with Gasteiger partial charge in [-0.15, -0.1) is 11.3 Å². The molecule has 2 heterocycles. The van der Waals surface area contributed by atoms with Gasteiger partial charge in [-0.1, -0.05) is 30.3 Å². The fraction of sp³-hybridized carbons (Fsp3) is 0.333. The number of hydrogen-bond donors (Lipinski definition) is 0. The highest BCUT2D eigenvalue weighted by Crippen LogP contribution is 2.26. The minimum absolute atomic E-state index is 0.138. The summed E-state index contributed by atoms with van der Waals surface area (Å²) in [7, 11) is 0. The number of benzene rings is 1. The van der Waals surface area contributed by atoms with Crippen LogP contribution < -0.4 is 0 Å². The van der Waals surface area contributed by atoms with Crippen molar-refractivity contribution in [1.29, 1.82) is 0 Å². The van der Waals surface area contributed by atoms with E-state index in [0.717, 1.165) is 41.4 Å². The summed E-state index contributed by atoms with van der Waals surface area (Å²) in [4.78, 5) is 19.4. The first-order valence-corrected chi connectivity index (χ1v) is 7.47. The fourth-order valence-electron chi connectivity index (χ4n) is 2.34. The molecule has 19 heavy (non-hydrogen) atoms. The Hall–Kier alpha value is -1.68. The van der Waals surface area contributed by atoms with Crippen LogP contribution in [0.5, 0.6) is 0 Å². The fourth-order valence-corrected chi connectivity index (χ4v) is 3.23. The van der Waals surface area contributed by atoms with E-state index >= 15 is 0 Å². The number of thiazole rings is 1. The van der Waals surface area contributed by atoms with E-state index in [-0.39, 0.29) is 5.91 Å². The van der Waals surface area contributed by atoms with E-state index in [2.05, 4.69) is 4.98 Å². The quantitative estimate of drug-likeness (QED) is 0.839. The molecule has 0 atom stereocenters. The molecule has 1 fully saturated rings. The lowest BCUT2D eigenvalue weighted by atomic mass is 10.1. The summed E-state index contributed by atoms with van der Waals surface area (Å²) in [6, 6.07) is 10.0. The lowest BCUT2D eigenvalue weighted by molar-refractivity contribution is 0.0729. The number of aromatic nitrogens is 1. The minimum atomic E-state index is 0.138. The third kappa shape index (κ3) is 2.68. The molecular weight excluding hydrogens is 256 g/mol. The first kappa shape index (κ1) is 12.4. The first-order valence-electron chi connectivity index (χ1n) is 6.65. The monoisotopic (exact) mass is 272 g/mol. The summed E-state index contributed by atoms with van der Waals surface area (Å²) >= 11 is 1.49. The number of piperidine rings is 1. The van der Waals surface area contributed by atoms with Crippen LogP contribution >= 0.6 is 11.3 Å². The maximum Gasteiger partial charge on any atom is 0.265 e. The molecule has 1 saturated heterocycles.